The van der Waals surface area contributed by atoms with E-state index in [4.69, 9.17) is 9.84 Å². The van der Waals surface area contributed by atoms with Gasteiger partial charge in [0.2, 0.25) is 11.8 Å². The zero-order valence-electron chi connectivity index (χ0n) is 12.7. The number of nitrogens with one attached hydrogen (secondary N) is 2. The molecule has 2 rings (SSSR count). The van der Waals surface area contributed by atoms with Crippen molar-refractivity contribution in [2.45, 2.75) is 38.6 Å². The van der Waals surface area contributed by atoms with Crippen molar-refractivity contribution >= 4 is 17.5 Å². The van der Waals surface area contributed by atoms with E-state index >= 15 is 0 Å². The number of fused-ring (bicyclic) bond motifs is 1. The minimum Gasteiger partial charge on any atom is -0.494 e. The van der Waals surface area contributed by atoms with Crippen molar-refractivity contribution < 1.29 is 19.4 Å². The zero-order chi connectivity index (χ0) is 15.9. The van der Waals surface area contributed by atoms with Crippen molar-refractivity contribution in [1.29, 1.82) is 0 Å². The lowest BCUT2D eigenvalue weighted by atomic mass is 10.0. The van der Waals surface area contributed by atoms with Gasteiger partial charge in [-0.25, -0.2) is 0 Å². The minimum atomic E-state index is -0.218. The van der Waals surface area contributed by atoms with Crippen LogP contribution in [0, 0.1) is 0 Å². The Kier molecular flexibility index (Phi) is 5.77. The number of carbonyl (C=O) groups is 2. The summed E-state index contributed by atoms with van der Waals surface area (Å²) in [5, 5.41) is 14.4. The summed E-state index contributed by atoms with van der Waals surface area (Å²) in [6.07, 6.45) is 2.20. The van der Waals surface area contributed by atoms with Crippen LogP contribution in [-0.2, 0) is 16.0 Å². The van der Waals surface area contributed by atoms with Gasteiger partial charge in [-0.1, -0.05) is 0 Å². The Labute approximate surface area is 129 Å². The molecule has 1 aliphatic rings. The first-order valence-corrected chi connectivity index (χ1v) is 7.54. The van der Waals surface area contributed by atoms with E-state index < -0.39 is 0 Å². The molecule has 0 saturated carbocycles. The van der Waals surface area contributed by atoms with Gasteiger partial charge in [0.1, 0.15) is 5.75 Å². The first-order valence-electron chi connectivity index (χ1n) is 7.54. The molecule has 1 unspecified atom stereocenters. The Morgan fingerprint density at radius 2 is 2.27 bits per heavy atom. The average molecular weight is 306 g/mol. The van der Waals surface area contributed by atoms with Crippen LogP contribution in [0.2, 0.25) is 0 Å². The summed E-state index contributed by atoms with van der Waals surface area (Å²) >= 11 is 0. The molecule has 1 atom stereocenters. The molecule has 0 saturated heterocycles. The monoisotopic (exact) mass is 306 g/mol. The van der Waals surface area contributed by atoms with Crippen molar-refractivity contribution in [2.75, 3.05) is 18.5 Å². The number of hydrogen-bond donors (Lipinski definition) is 3. The number of aliphatic hydroxyl groups excluding tert-OH is 1. The molecule has 1 aromatic rings. The second-order valence-electron chi connectivity index (χ2n) is 5.47. The van der Waals surface area contributed by atoms with Crippen molar-refractivity contribution in [3.8, 4) is 5.75 Å². The Hall–Kier alpha value is -2.08. The van der Waals surface area contributed by atoms with Crippen LogP contribution in [0.1, 0.15) is 31.7 Å². The van der Waals surface area contributed by atoms with Crippen molar-refractivity contribution in [3.63, 3.8) is 0 Å². The summed E-state index contributed by atoms with van der Waals surface area (Å²) in [5.41, 5.74) is 1.92. The lowest BCUT2D eigenvalue weighted by Gasteiger charge is -2.17. The molecule has 6 heteroatoms. The van der Waals surface area contributed by atoms with Crippen LogP contribution in [0.5, 0.6) is 5.75 Å². The van der Waals surface area contributed by atoms with Crippen LogP contribution >= 0.6 is 0 Å². The molecular formula is C16H22N2O4. The van der Waals surface area contributed by atoms with Crippen LogP contribution in [0.4, 0.5) is 5.69 Å². The zero-order valence-corrected chi connectivity index (χ0v) is 12.7. The third-order valence-electron chi connectivity index (χ3n) is 3.47. The van der Waals surface area contributed by atoms with Gasteiger partial charge in [0.25, 0.3) is 0 Å². The maximum atomic E-state index is 11.5. The molecule has 3 N–H and O–H groups in total. The molecule has 0 radical (unpaired) electrons. The predicted octanol–water partition coefficient (Wildman–Crippen LogP) is 1.23. The van der Waals surface area contributed by atoms with Crippen molar-refractivity contribution in [1.82, 2.24) is 5.32 Å². The number of ether oxygens (including phenoxy) is 1. The fourth-order valence-corrected chi connectivity index (χ4v) is 2.26. The standard InChI is InChI=1S/C16H22N2O4/c1-11(10-19)17-15(20)3-2-8-22-13-5-6-14-12(9-13)4-7-16(21)18-14/h5-6,9,11,19H,2-4,7-8,10H2,1H3,(H,17,20)(H,18,21). The molecule has 6 nitrogen and oxygen atoms in total. The summed E-state index contributed by atoms with van der Waals surface area (Å²) < 4.78 is 5.64. The fraction of sp³-hybridized carbons (Fsp3) is 0.500. The summed E-state index contributed by atoms with van der Waals surface area (Å²) in [6, 6.07) is 5.38. The van der Waals surface area contributed by atoms with Crippen LogP contribution < -0.4 is 15.4 Å². The topological polar surface area (TPSA) is 87.7 Å². The van der Waals surface area contributed by atoms with Gasteiger partial charge in [-0.15, -0.1) is 0 Å². The van der Waals surface area contributed by atoms with E-state index in [-0.39, 0.29) is 24.5 Å². The van der Waals surface area contributed by atoms with Gasteiger partial charge in [-0.2, -0.15) is 0 Å². The Balaban J connectivity index is 1.74. The number of benzene rings is 1. The van der Waals surface area contributed by atoms with E-state index in [0.29, 0.717) is 25.9 Å². The highest BCUT2D eigenvalue weighted by atomic mass is 16.5. The first-order chi connectivity index (χ1) is 10.6. The van der Waals surface area contributed by atoms with E-state index in [2.05, 4.69) is 10.6 Å². The van der Waals surface area contributed by atoms with Gasteiger partial charge in [0.05, 0.1) is 13.2 Å². The van der Waals surface area contributed by atoms with E-state index in [1.165, 1.54) is 0 Å². The van der Waals surface area contributed by atoms with E-state index in [1.54, 1.807) is 6.92 Å². The third-order valence-corrected chi connectivity index (χ3v) is 3.47. The van der Waals surface area contributed by atoms with Crippen molar-refractivity contribution in [2.24, 2.45) is 0 Å². The molecule has 0 aliphatic carbocycles. The molecule has 2 amide bonds. The van der Waals surface area contributed by atoms with E-state index in [0.717, 1.165) is 23.4 Å². The fourth-order valence-electron chi connectivity index (χ4n) is 2.26. The number of aryl methyl sites for hydroxylation is 1. The quantitative estimate of drug-likeness (QED) is 0.661. The number of amides is 2. The Morgan fingerprint density at radius 1 is 1.45 bits per heavy atom. The normalized spacial score (nSPS) is 14.7. The number of rotatable bonds is 7. The molecule has 120 valence electrons. The number of carbonyl (C=O) groups excluding carboxylic acids is 2. The maximum absolute atomic E-state index is 11.5. The molecule has 0 aromatic heterocycles. The molecular weight excluding hydrogens is 284 g/mol. The highest BCUT2D eigenvalue weighted by molar-refractivity contribution is 5.94. The summed E-state index contributed by atoms with van der Waals surface area (Å²) in [5.74, 6) is 0.710. The average Bonchev–Trinajstić information content (AvgIpc) is 2.51. The van der Waals surface area contributed by atoms with Gasteiger partial charge in [0, 0.05) is 24.6 Å². The van der Waals surface area contributed by atoms with E-state index in [1.807, 2.05) is 18.2 Å². The summed E-state index contributed by atoms with van der Waals surface area (Å²) in [4.78, 5) is 22.8. The predicted molar refractivity (Wildman–Crippen MR) is 82.8 cm³/mol. The summed E-state index contributed by atoms with van der Waals surface area (Å²) in [7, 11) is 0. The number of aliphatic hydroxyl groups is 1. The number of anilines is 1. The van der Waals surface area contributed by atoms with Gasteiger partial charge >= 0.3 is 0 Å². The Bertz CT molecular complexity index is 545. The molecule has 0 bridgehead atoms. The van der Waals surface area contributed by atoms with Gasteiger partial charge in [-0.05, 0) is 43.5 Å². The summed E-state index contributed by atoms with van der Waals surface area (Å²) in [6.45, 7) is 2.14. The second kappa shape index (κ2) is 7.79. The Morgan fingerprint density at radius 3 is 3.05 bits per heavy atom. The van der Waals surface area contributed by atoms with Gasteiger partial charge < -0.3 is 20.5 Å². The number of hydrogen-bond acceptors (Lipinski definition) is 4. The first kappa shape index (κ1) is 16.3. The van der Waals surface area contributed by atoms with Crippen molar-refractivity contribution in [3.05, 3.63) is 23.8 Å². The highest BCUT2D eigenvalue weighted by Gasteiger charge is 2.15. The molecule has 0 spiro atoms. The third kappa shape index (κ3) is 4.73. The lowest BCUT2D eigenvalue weighted by molar-refractivity contribution is -0.122. The molecule has 0 fully saturated rings. The smallest absolute Gasteiger partial charge is 0.224 e. The second-order valence-corrected chi connectivity index (χ2v) is 5.47. The van der Waals surface area contributed by atoms with Crippen LogP contribution in [0.3, 0.4) is 0 Å². The molecule has 1 heterocycles. The van der Waals surface area contributed by atoms with Crippen LogP contribution in [0.25, 0.3) is 0 Å². The SMILES string of the molecule is CC(CO)NC(=O)CCCOc1ccc2c(c1)CCC(=O)N2. The molecule has 22 heavy (non-hydrogen) atoms. The minimum absolute atomic E-state index is 0.0456. The molecule has 1 aliphatic heterocycles. The van der Waals surface area contributed by atoms with Gasteiger partial charge in [-0.3, -0.25) is 9.59 Å². The maximum Gasteiger partial charge on any atom is 0.224 e. The van der Waals surface area contributed by atoms with Crippen LogP contribution in [-0.4, -0.2) is 36.2 Å². The highest BCUT2D eigenvalue weighted by Crippen LogP contribution is 2.26. The molecule has 1 aromatic carbocycles. The lowest BCUT2D eigenvalue weighted by Crippen LogP contribution is -2.34. The van der Waals surface area contributed by atoms with Crippen LogP contribution in [0.15, 0.2) is 18.2 Å². The van der Waals surface area contributed by atoms with E-state index in [9.17, 15) is 9.59 Å². The largest absolute Gasteiger partial charge is 0.494 e. The van der Waals surface area contributed by atoms with Gasteiger partial charge in [0.15, 0.2) is 0 Å².